The van der Waals surface area contributed by atoms with Crippen molar-refractivity contribution in [2.45, 2.75) is 18.7 Å². The minimum Gasteiger partial charge on any atom is -0.489 e. The van der Waals surface area contributed by atoms with Crippen molar-refractivity contribution in [3.8, 4) is 5.75 Å². The molecule has 1 heterocycles. The van der Waals surface area contributed by atoms with E-state index in [0.717, 1.165) is 29.0 Å². The number of aryl methyl sites for hydroxylation is 2. The zero-order chi connectivity index (χ0) is 23.8. The molecule has 1 fully saturated rings. The van der Waals surface area contributed by atoms with E-state index in [9.17, 15) is 18.0 Å². The Morgan fingerprint density at radius 3 is 2.15 bits per heavy atom. The number of nitrogens with zero attached hydrogens (tertiary/aromatic N) is 2. The smallest absolute Gasteiger partial charge is 0.331 e. The lowest BCUT2D eigenvalue weighted by Crippen LogP contribution is -2.50. The Morgan fingerprint density at radius 2 is 1.52 bits per heavy atom. The summed E-state index contributed by atoms with van der Waals surface area (Å²) >= 11 is 0. The van der Waals surface area contributed by atoms with Crippen LogP contribution in [0.3, 0.4) is 0 Å². The number of esters is 1. The third-order valence-electron chi connectivity index (χ3n) is 5.28. The van der Waals surface area contributed by atoms with Gasteiger partial charge in [-0.2, -0.15) is 4.31 Å². The summed E-state index contributed by atoms with van der Waals surface area (Å²) in [6.45, 7) is 5.02. The Bertz CT molecular complexity index is 1090. The van der Waals surface area contributed by atoms with Gasteiger partial charge in [0.05, 0.1) is 4.90 Å². The maximum atomic E-state index is 12.7. The molecule has 9 heteroatoms. The van der Waals surface area contributed by atoms with Gasteiger partial charge in [-0.25, -0.2) is 13.2 Å². The van der Waals surface area contributed by atoms with Gasteiger partial charge in [0.1, 0.15) is 19.0 Å². The van der Waals surface area contributed by atoms with E-state index >= 15 is 0 Å². The minimum absolute atomic E-state index is 0.0567. The molecule has 2 aromatic rings. The molecule has 1 saturated heterocycles. The number of benzene rings is 2. The number of piperazine rings is 1. The topological polar surface area (TPSA) is 93.2 Å². The molecule has 0 bridgehead atoms. The van der Waals surface area contributed by atoms with Crippen molar-refractivity contribution in [1.29, 1.82) is 0 Å². The molecule has 0 radical (unpaired) electrons. The van der Waals surface area contributed by atoms with Crippen molar-refractivity contribution in [3.63, 3.8) is 0 Å². The number of rotatable bonds is 8. The SMILES string of the molecule is Cc1cccc(C)c1OCCOC(=O)C=CC(=O)N1CCN(S(=O)(=O)c2ccccc2)CC1. The van der Waals surface area contributed by atoms with Crippen LogP contribution < -0.4 is 4.74 Å². The van der Waals surface area contributed by atoms with Gasteiger partial charge in [0.2, 0.25) is 15.9 Å². The zero-order valence-corrected chi connectivity index (χ0v) is 19.6. The second-order valence-corrected chi connectivity index (χ2v) is 9.55. The Labute approximate surface area is 194 Å². The van der Waals surface area contributed by atoms with Gasteiger partial charge in [-0.1, -0.05) is 36.4 Å². The fraction of sp³-hybridized carbons (Fsp3) is 0.333. The molecule has 0 aromatic heterocycles. The number of ether oxygens (including phenoxy) is 2. The number of carbonyl (C=O) groups is 2. The van der Waals surface area contributed by atoms with Crippen molar-refractivity contribution < 1.29 is 27.5 Å². The van der Waals surface area contributed by atoms with Gasteiger partial charge >= 0.3 is 5.97 Å². The average Bonchev–Trinajstić information content (AvgIpc) is 2.82. The first-order valence-electron chi connectivity index (χ1n) is 10.7. The van der Waals surface area contributed by atoms with Crippen LogP contribution >= 0.6 is 0 Å². The quantitative estimate of drug-likeness (QED) is 0.333. The van der Waals surface area contributed by atoms with E-state index in [0.29, 0.717) is 0 Å². The van der Waals surface area contributed by atoms with E-state index in [-0.39, 0.29) is 50.2 Å². The van der Waals surface area contributed by atoms with E-state index in [1.165, 1.54) is 9.21 Å². The van der Waals surface area contributed by atoms with Gasteiger partial charge in [-0.15, -0.1) is 0 Å². The average molecular weight is 473 g/mol. The third-order valence-corrected chi connectivity index (χ3v) is 7.19. The molecule has 0 spiro atoms. The number of hydrogen-bond acceptors (Lipinski definition) is 6. The summed E-state index contributed by atoms with van der Waals surface area (Å²) in [6.07, 6.45) is 2.23. The molecule has 1 amide bonds. The molecule has 176 valence electrons. The minimum atomic E-state index is -3.58. The Kier molecular flexibility index (Phi) is 8.24. The molecular weight excluding hydrogens is 444 g/mol. The van der Waals surface area contributed by atoms with Gasteiger partial charge in [0, 0.05) is 38.3 Å². The predicted octanol–water partition coefficient (Wildman–Crippen LogP) is 2.31. The molecule has 0 N–H and O–H groups in total. The maximum Gasteiger partial charge on any atom is 0.331 e. The first kappa shape index (κ1) is 24.5. The highest BCUT2D eigenvalue weighted by Crippen LogP contribution is 2.22. The summed E-state index contributed by atoms with van der Waals surface area (Å²) < 4.78 is 37.5. The van der Waals surface area contributed by atoms with Crippen LogP contribution in [-0.2, 0) is 24.3 Å². The van der Waals surface area contributed by atoms with Crippen LogP contribution in [0.4, 0.5) is 0 Å². The summed E-state index contributed by atoms with van der Waals surface area (Å²) in [6, 6.07) is 14.0. The van der Waals surface area contributed by atoms with Crippen molar-refractivity contribution in [2.75, 3.05) is 39.4 Å². The molecule has 0 unspecified atom stereocenters. The normalized spacial score (nSPS) is 14.9. The van der Waals surface area contributed by atoms with Gasteiger partial charge in [-0.05, 0) is 37.1 Å². The van der Waals surface area contributed by atoms with Crippen LogP contribution in [0.5, 0.6) is 5.75 Å². The largest absolute Gasteiger partial charge is 0.489 e. The van der Waals surface area contributed by atoms with Crippen molar-refractivity contribution in [1.82, 2.24) is 9.21 Å². The van der Waals surface area contributed by atoms with Crippen molar-refractivity contribution in [3.05, 3.63) is 71.8 Å². The van der Waals surface area contributed by atoms with Gasteiger partial charge in [0.15, 0.2) is 0 Å². The zero-order valence-electron chi connectivity index (χ0n) is 18.8. The summed E-state index contributed by atoms with van der Waals surface area (Å²) in [4.78, 5) is 26.0. The first-order valence-corrected chi connectivity index (χ1v) is 12.1. The Balaban J connectivity index is 1.41. The number of carbonyl (C=O) groups excluding carboxylic acids is 2. The standard InChI is InChI=1S/C24H28N2O6S/c1-19-7-6-8-20(2)24(19)32-18-17-31-23(28)12-11-22(27)25-13-15-26(16-14-25)33(29,30)21-9-4-3-5-10-21/h3-12H,13-18H2,1-2H3. The van der Waals surface area contributed by atoms with E-state index < -0.39 is 16.0 Å². The number of sulfonamides is 1. The van der Waals surface area contributed by atoms with Crippen LogP contribution in [-0.4, -0.2) is 68.9 Å². The molecule has 0 atom stereocenters. The summed E-state index contributed by atoms with van der Waals surface area (Å²) in [5, 5.41) is 0. The Morgan fingerprint density at radius 1 is 0.879 bits per heavy atom. The lowest BCUT2D eigenvalue weighted by molar-refractivity contribution is -0.139. The van der Waals surface area contributed by atoms with Crippen LogP contribution in [0.15, 0.2) is 65.6 Å². The highest BCUT2D eigenvalue weighted by Gasteiger charge is 2.29. The van der Waals surface area contributed by atoms with Gasteiger partial charge in [0.25, 0.3) is 0 Å². The second kappa shape index (κ2) is 11.1. The van der Waals surface area contributed by atoms with Crippen molar-refractivity contribution >= 4 is 21.9 Å². The van der Waals surface area contributed by atoms with Crippen LogP contribution in [0.25, 0.3) is 0 Å². The lowest BCUT2D eigenvalue weighted by Gasteiger charge is -2.33. The Hall–Kier alpha value is -3.17. The fourth-order valence-electron chi connectivity index (χ4n) is 3.50. The number of para-hydroxylation sites is 1. The summed E-state index contributed by atoms with van der Waals surface area (Å²) in [7, 11) is -3.58. The lowest BCUT2D eigenvalue weighted by atomic mass is 10.1. The predicted molar refractivity (Wildman–Crippen MR) is 123 cm³/mol. The monoisotopic (exact) mass is 472 g/mol. The van der Waals surface area contributed by atoms with E-state index in [2.05, 4.69) is 0 Å². The summed E-state index contributed by atoms with van der Waals surface area (Å²) in [5.74, 6) is -0.234. The van der Waals surface area contributed by atoms with Crippen molar-refractivity contribution in [2.24, 2.45) is 0 Å². The second-order valence-electron chi connectivity index (χ2n) is 7.61. The van der Waals surface area contributed by atoms with E-state index in [1.807, 2.05) is 32.0 Å². The molecular formula is C24H28N2O6S. The van der Waals surface area contributed by atoms with Crippen LogP contribution in [0.2, 0.25) is 0 Å². The maximum absolute atomic E-state index is 12.7. The van der Waals surface area contributed by atoms with E-state index in [1.54, 1.807) is 30.3 Å². The molecule has 2 aromatic carbocycles. The molecule has 33 heavy (non-hydrogen) atoms. The number of amides is 1. The van der Waals surface area contributed by atoms with Crippen LogP contribution in [0.1, 0.15) is 11.1 Å². The first-order chi connectivity index (χ1) is 15.8. The summed E-state index contributed by atoms with van der Waals surface area (Å²) in [5.41, 5.74) is 2.01. The van der Waals surface area contributed by atoms with Gasteiger partial charge < -0.3 is 14.4 Å². The highest BCUT2D eigenvalue weighted by atomic mass is 32.2. The molecule has 1 aliphatic rings. The third kappa shape index (κ3) is 6.43. The highest BCUT2D eigenvalue weighted by molar-refractivity contribution is 7.89. The van der Waals surface area contributed by atoms with E-state index in [4.69, 9.17) is 9.47 Å². The number of hydrogen-bond donors (Lipinski definition) is 0. The molecule has 8 nitrogen and oxygen atoms in total. The molecule has 0 aliphatic carbocycles. The molecule has 1 aliphatic heterocycles. The molecule has 3 rings (SSSR count). The fourth-order valence-corrected chi connectivity index (χ4v) is 4.94. The van der Waals surface area contributed by atoms with Gasteiger partial charge in [-0.3, -0.25) is 4.79 Å². The molecule has 0 saturated carbocycles. The van der Waals surface area contributed by atoms with Crippen LogP contribution in [0, 0.1) is 13.8 Å².